The van der Waals surface area contributed by atoms with Crippen LogP contribution >= 0.6 is 11.3 Å². The lowest BCUT2D eigenvalue weighted by Crippen LogP contribution is -2.33. The van der Waals surface area contributed by atoms with Crippen molar-refractivity contribution in [3.63, 3.8) is 0 Å². The largest absolute Gasteiger partial charge is 0.361 e. The molecule has 0 saturated carbocycles. The normalized spacial score (nSPS) is 11.4. The van der Waals surface area contributed by atoms with Crippen molar-refractivity contribution in [1.29, 1.82) is 0 Å². The van der Waals surface area contributed by atoms with Crippen molar-refractivity contribution < 1.29 is 17.8 Å². The zero-order valence-electron chi connectivity index (χ0n) is 8.25. The average molecular weight is 273 g/mol. The van der Waals surface area contributed by atoms with Crippen LogP contribution in [0.2, 0.25) is 0 Å². The van der Waals surface area contributed by atoms with E-state index in [1.807, 2.05) is 12.1 Å². The molecule has 90 valence electrons. The van der Waals surface area contributed by atoms with Gasteiger partial charge in [0.05, 0.1) is 10.2 Å². The summed E-state index contributed by atoms with van der Waals surface area (Å²) in [6.07, 6.45) is 0. The van der Waals surface area contributed by atoms with E-state index in [0.717, 1.165) is 4.70 Å². The topological polar surface area (TPSA) is 108 Å². The number of carbonyl (C=O) groups excluding carboxylic acids is 1. The monoisotopic (exact) mass is 273 g/mol. The Bertz CT molecular complexity index is 631. The van der Waals surface area contributed by atoms with Gasteiger partial charge in [0.2, 0.25) is 0 Å². The molecule has 17 heavy (non-hydrogen) atoms. The Morgan fingerprint density at radius 2 is 2.06 bits per heavy atom. The molecule has 1 aromatic carbocycles. The Morgan fingerprint density at radius 1 is 1.35 bits per heavy atom. The highest BCUT2D eigenvalue weighted by Crippen LogP contribution is 2.25. The lowest BCUT2D eigenvalue weighted by molar-refractivity contribution is 0.255. The number of urea groups is 1. The molecule has 1 heterocycles. The lowest BCUT2D eigenvalue weighted by atomic mass is 10.3. The van der Waals surface area contributed by atoms with E-state index >= 15 is 0 Å². The third-order valence-corrected chi connectivity index (χ3v) is 3.13. The van der Waals surface area contributed by atoms with Gasteiger partial charge >= 0.3 is 16.3 Å². The van der Waals surface area contributed by atoms with E-state index in [0.29, 0.717) is 5.52 Å². The van der Waals surface area contributed by atoms with Crippen LogP contribution in [0.25, 0.3) is 10.2 Å². The molecule has 3 N–H and O–H groups in total. The second-order valence-corrected chi connectivity index (χ2v) is 5.20. The molecule has 0 bridgehead atoms. The predicted molar refractivity (Wildman–Crippen MR) is 63.3 cm³/mol. The summed E-state index contributed by atoms with van der Waals surface area (Å²) in [6.45, 7) is 0. The number of para-hydroxylation sites is 1. The summed E-state index contributed by atoms with van der Waals surface area (Å²) in [7, 11) is -4.56. The van der Waals surface area contributed by atoms with Gasteiger partial charge in [-0.15, -0.1) is 0 Å². The van der Waals surface area contributed by atoms with Gasteiger partial charge < -0.3 is 0 Å². The highest BCUT2D eigenvalue weighted by atomic mass is 32.2. The molecule has 0 spiro atoms. The average Bonchev–Trinajstić information content (AvgIpc) is 2.55. The fraction of sp³-hybridized carbons (Fsp3) is 0. The van der Waals surface area contributed by atoms with E-state index in [1.165, 1.54) is 16.1 Å². The maximum Gasteiger partial charge on any atom is 0.361 e. The summed E-state index contributed by atoms with van der Waals surface area (Å²) in [5, 5.41) is 2.45. The van der Waals surface area contributed by atoms with Gasteiger partial charge in [-0.2, -0.15) is 8.42 Å². The van der Waals surface area contributed by atoms with E-state index in [4.69, 9.17) is 4.55 Å². The number of aromatic nitrogens is 1. The van der Waals surface area contributed by atoms with Crippen LogP contribution < -0.4 is 10.0 Å². The minimum absolute atomic E-state index is 0.243. The van der Waals surface area contributed by atoms with E-state index < -0.39 is 16.3 Å². The highest BCUT2D eigenvalue weighted by Gasteiger charge is 2.12. The molecular formula is C8H7N3O4S2. The number of hydrogen-bond acceptors (Lipinski definition) is 5. The third kappa shape index (κ3) is 3.12. The Morgan fingerprint density at radius 3 is 2.71 bits per heavy atom. The van der Waals surface area contributed by atoms with E-state index in [-0.39, 0.29) is 5.13 Å². The summed E-state index contributed by atoms with van der Waals surface area (Å²) in [5.74, 6) is 0. The van der Waals surface area contributed by atoms with Gasteiger partial charge in [-0.25, -0.2) is 14.5 Å². The summed E-state index contributed by atoms with van der Waals surface area (Å²) in [4.78, 5) is 15.2. The molecule has 0 saturated heterocycles. The summed E-state index contributed by atoms with van der Waals surface area (Å²) in [5.41, 5.74) is 0.694. The van der Waals surface area contributed by atoms with Crippen molar-refractivity contribution in [2.24, 2.45) is 0 Å². The van der Waals surface area contributed by atoms with Gasteiger partial charge in [0, 0.05) is 0 Å². The minimum Gasteiger partial charge on any atom is -0.283 e. The first kappa shape index (κ1) is 11.8. The maximum atomic E-state index is 11.1. The number of carbonyl (C=O) groups is 1. The minimum atomic E-state index is -4.56. The van der Waals surface area contributed by atoms with Crippen LogP contribution in [0.4, 0.5) is 9.93 Å². The molecule has 0 unspecified atom stereocenters. The van der Waals surface area contributed by atoms with Crippen molar-refractivity contribution in [2.75, 3.05) is 5.32 Å². The summed E-state index contributed by atoms with van der Waals surface area (Å²) < 4.78 is 31.3. The molecule has 2 rings (SSSR count). The van der Waals surface area contributed by atoms with Crippen molar-refractivity contribution in [2.45, 2.75) is 0 Å². The lowest BCUT2D eigenvalue weighted by Gasteiger charge is -2.00. The number of rotatable bonds is 2. The third-order valence-electron chi connectivity index (χ3n) is 1.74. The SMILES string of the molecule is O=C(Nc1nc2ccccc2s1)NS(=O)(=O)O. The van der Waals surface area contributed by atoms with E-state index in [9.17, 15) is 13.2 Å². The number of amides is 2. The van der Waals surface area contributed by atoms with Crippen LogP contribution in [0.1, 0.15) is 0 Å². The van der Waals surface area contributed by atoms with Crippen LogP contribution in [0, 0.1) is 0 Å². The number of anilines is 1. The number of nitrogens with one attached hydrogen (secondary N) is 2. The van der Waals surface area contributed by atoms with Crippen LogP contribution in [0.15, 0.2) is 24.3 Å². The number of fused-ring (bicyclic) bond motifs is 1. The first-order chi connectivity index (χ1) is 7.94. The van der Waals surface area contributed by atoms with Crippen molar-refractivity contribution in [1.82, 2.24) is 9.71 Å². The van der Waals surface area contributed by atoms with Gasteiger partial charge in [0.15, 0.2) is 5.13 Å². The van der Waals surface area contributed by atoms with E-state index in [2.05, 4.69) is 10.3 Å². The molecule has 0 atom stereocenters. The number of hydrogen-bond donors (Lipinski definition) is 3. The van der Waals surface area contributed by atoms with Gasteiger partial charge in [0.1, 0.15) is 0 Å². The molecule has 9 heteroatoms. The molecule has 0 aliphatic heterocycles. The van der Waals surface area contributed by atoms with E-state index in [1.54, 1.807) is 12.1 Å². The van der Waals surface area contributed by atoms with Crippen molar-refractivity contribution in [3.8, 4) is 0 Å². The Balaban J connectivity index is 2.16. The van der Waals surface area contributed by atoms with Crippen molar-refractivity contribution >= 4 is 43.0 Å². The zero-order chi connectivity index (χ0) is 12.5. The fourth-order valence-electron chi connectivity index (χ4n) is 1.17. The summed E-state index contributed by atoms with van der Waals surface area (Å²) in [6, 6.07) is 6.13. The summed E-state index contributed by atoms with van der Waals surface area (Å²) >= 11 is 1.19. The smallest absolute Gasteiger partial charge is 0.283 e. The molecule has 2 amide bonds. The van der Waals surface area contributed by atoms with Crippen LogP contribution in [0.5, 0.6) is 0 Å². The number of benzene rings is 1. The fourth-order valence-corrected chi connectivity index (χ4v) is 2.31. The van der Waals surface area contributed by atoms with Crippen LogP contribution in [-0.2, 0) is 10.3 Å². The molecular weight excluding hydrogens is 266 g/mol. The van der Waals surface area contributed by atoms with Crippen LogP contribution in [-0.4, -0.2) is 24.0 Å². The van der Waals surface area contributed by atoms with Gasteiger partial charge in [-0.3, -0.25) is 9.87 Å². The quantitative estimate of drug-likeness (QED) is 0.713. The van der Waals surface area contributed by atoms with Gasteiger partial charge in [0.25, 0.3) is 0 Å². The Labute approximate surface area is 100 Å². The Hall–Kier alpha value is -1.71. The molecule has 2 aromatic rings. The number of thiazole rings is 1. The second kappa shape index (κ2) is 4.28. The molecule has 0 aliphatic carbocycles. The first-order valence-corrected chi connectivity index (χ1v) is 6.61. The second-order valence-electron chi connectivity index (χ2n) is 3.02. The van der Waals surface area contributed by atoms with Gasteiger partial charge in [-0.05, 0) is 12.1 Å². The van der Waals surface area contributed by atoms with Crippen LogP contribution in [0.3, 0.4) is 0 Å². The molecule has 0 radical (unpaired) electrons. The molecule has 1 aromatic heterocycles. The maximum absolute atomic E-state index is 11.1. The zero-order valence-corrected chi connectivity index (χ0v) is 9.88. The Kier molecular flexibility index (Phi) is 2.96. The highest BCUT2D eigenvalue weighted by molar-refractivity contribution is 7.84. The molecule has 0 fully saturated rings. The standard InChI is InChI=1S/C8H7N3O4S2/c12-7(11-17(13,14)15)10-8-9-5-3-1-2-4-6(5)16-8/h1-4H,(H,13,14,15)(H2,9,10,11,12). The first-order valence-electron chi connectivity index (χ1n) is 4.36. The van der Waals surface area contributed by atoms with Gasteiger partial charge in [-0.1, -0.05) is 23.5 Å². The molecule has 0 aliphatic rings. The number of nitrogens with zero attached hydrogens (tertiary/aromatic N) is 1. The van der Waals surface area contributed by atoms with Crippen molar-refractivity contribution in [3.05, 3.63) is 24.3 Å². The molecule has 7 nitrogen and oxygen atoms in total. The predicted octanol–water partition coefficient (Wildman–Crippen LogP) is 1.22.